The average Bonchev–Trinajstić information content (AvgIpc) is 2.83. The summed E-state index contributed by atoms with van der Waals surface area (Å²) in [4.78, 5) is 16.4. The van der Waals surface area contributed by atoms with Crippen molar-refractivity contribution < 1.29 is 18.7 Å². The molecule has 0 bridgehead atoms. The fourth-order valence-electron chi connectivity index (χ4n) is 3.10. The molecule has 0 fully saturated rings. The standard InChI is InChI=1S/C25H18BrClFN3O3/c26-19-11-16(12-20(27)25(19)34-14-18-5-1-2-8-21(18)28)13-30-31-23(32)15-33-22-9-3-6-17-7-4-10-29-24(17)22/h1-13H,14-15H2,(H,31,32)/b30-13+. The molecule has 0 aliphatic carbocycles. The molecular weight excluding hydrogens is 525 g/mol. The first kappa shape index (κ1) is 23.7. The van der Waals surface area contributed by atoms with Crippen LogP contribution in [0, 0.1) is 5.82 Å². The Hall–Kier alpha value is -3.49. The van der Waals surface area contributed by atoms with E-state index >= 15 is 0 Å². The van der Waals surface area contributed by atoms with E-state index in [1.165, 1.54) is 12.3 Å². The van der Waals surface area contributed by atoms with Gasteiger partial charge in [0.2, 0.25) is 0 Å². The maximum atomic E-state index is 13.8. The van der Waals surface area contributed by atoms with E-state index < -0.39 is 5.91 Å². The van der Waals surface area contributed by atoms with Gasteiger partial charge < -0.3 is 9.47 Å². The molecule has 4 rings (SSSR count). The number of nitrogens with one attached hydrogen (secondary N) is 1. The molecule has 0 spiro atoms. The molecule has 0 unspecified atom stereocenters. The molecule has 3 aromatic carbocycles. The van der Waals surface area contributed by atoms with Gasteiger partial charge in [-0.15, -0.1) is 0 Å². The zero-order valence-corrected chi connectivity index (χ0v) is 20.0. The molecule has 1 heterocycles. The lowest BCUT2D eigenvalue weighted by molar-refractivity contribution is -0.123. The molecule has 0 atom stereocenters. The van der Waals surface area contributed by atoms with E-state index in [0.29, 0.717) is 37.6 Å². The van der Waals surface area contributed by atoms with Gasteiger partial charge in [0.1, 0.15) is 23.7 Å². The minimum atomic E-state index is -0.431. The largest absolute Gasteiger partial charge is 0.486 e. The number of nitrogens with zero attached hydrogens (tertiary/aromatic N) is 2. The van der Waals surface area contributed by atoms with Gasteiger partial charge in [0.15, 0.2) is 12.4 Å². The molecule has 172 valence electrons. The fourth-order valence-corrected chi connectivity index (χ4v) is 4.09. The molecule has 6 nitrogen and oxygen atoms in total. The molecular formula is C25H18BrClFN3O3. The Morgan fingerprint density at radius 2 is 1.94 bits per heavy atom. The minimum absolute atomic E-state index is 0.0285. The number of carbonyl (C=O) groups excluding carboxylic acids is 1. The zero-order chi connectivity index (χ0) is 23.9. The van der Waals surface area contributed by atoms with Gasteiger partial charge in [-0.3, -0.25) is 9.78 Å². The number of benzene rings is 3. The molecule has 0 saturated carbocycles. The Labute approximate surface area is 208 Å². The summed E-state index contributed by atoms with van der Waals surface area (Å²) in [5.74, 6) is 0.108. The summed E-state index contributed by atoms with van der Waals surface area (Å²) in [6.45, 7) is -0.193. The third kappa shape index (κ3) is 5.89. The lowest BCUT2D eigenvalue weighted by Crippen LogP contribution is -2.24. The molecule has 1 amide bonds. The third-order valence-electron chi connectivity index (χ3n) is 4.71. The summed E-state index contributed by atoms with van der Waals surface area (Å²) in [7, 11) is 0. The quantitative estimate of drug-likeness (QED) is 0.222. The summed E-state index contributed by atoms with van der Waals surface area (Å²) < 4.78 is 25.6. The van der Waals surface area contributed by atoms with Crippen molar-refractivity contribution in [1.29, 1.82) is 0 Å². The molecule has 4 aromatic rings. The van der Waals surface area contributed by atoms with E-state index in [1.807, 2.05) is 24.3 Å². The van der Waals surface area contributed by atoms with Crippen molar-refractivity contribution in [2.45, 2.75) is 6.61 Å². The lowest BCUT2D eigenvalue weighted by atomic mass is 10.2. The molecule has 1 N–H and O–H groups in total. The highest BCUT2D eigenvalue weighted by Gasteiger charge is 2.11. The van der Waals surface area contributed by atoms with E-state index in [9.17, 15) is 9.18 Å². The van der Waals surface area contributed by atoms with E-state index in [1.54, 1.807) is 42.6 Å². The molecule has 0 aliphatic heterocycles. The number of aromatic nitrogens is 1. The third-order valence-corrected chi connectivity index (χ3v) is 5.58. The van der Waals surface area contributed by atoms with Crippen molar-refractivity contribution in [2.24, 2.45) is 5.10 Å². The monoisotopic (exact) mass is 541 g/mol. The molecule has 1 aromatic heterocycles. The van der Waals surface area contributed by atoms with Crippen molar-refractivity contribution >= 4 is 50.6 Å². The van der Waals surface area contributed by atoms with Crippen molar-refractivity contribution in [2.75, 3.05) is 6.61 Å². The van der Waals surface area contributed by atoms with Crippen LogP contribution in [0.15, 0.2) is 82.5 Å². The number of ether oxygens (including phenoxy) is 2. The van der Waals surface area contributed by atoms with Gasteiger partial charge in [0, 0.05) is 17.1 Å². The van der Waals surface area contributed by atoms with Crippen LogP contribution < -0.4 is 14.9 Å². The van der Waals surface area contributed by atoms with Gasteiger partial charge in [-0.1, -0.05) is 48.0 Å². The van der Waals surface area contributed by atoms with Gasteiger partial charge in [-0.25, -0.2) is 9.82 Å². The van der Waals surface area contributed by atoms with Crippen molar-refractivity contribution in [3.8, 4) is 11.5 Å². The van der Waals surface area contributed by atoms with E-state index in [2.05, 4.69) is 31.4 Å². The second-order valence-corrected chi connectivity index (χ2v) is 8.37. The van der Waals surface area contributed by atoms with Crippen molar-refractivity contribution in [1.82, 2.24) is 10.4 Å². The van der Waals surface area contributed by atoms with Crippen molar-refractivity contribution in [3.05, 3.63) is 99.4 Å². The first-order valence-electron chi connectivity index (χ1n) is 10.1. The first-order chi connectivity index (χ1) is 16.5. The Morgan fingerprint density at radius 3 is 2.76 bits per heavy atom. The summed E-state index contributed by atoms with van der Waals surface area (Å²) in [6.07, 6.45) is 3.10. The Morgan fingerprint density at radius 1 is 1.12 bits per heavy atom. The summed E-state index contributed by atoms with van der Waals surface area (Å²) >= 11 is 9.73. The maximum Gasteiger partial charge on any atom is 0.277 e. The Balaban J connectivity index is 1.33. The van der Waals surface area contributed by atoms with Crippen LogP contribution in [0.4, 0.5) is 4.39 Å². The average molecular weight is 543 g/mol. The maximum absolute atomic E-state index is 13.8. The van der Waals surface area contributed by atoms with Crippen LogP contribution in [0.3, 0.4) is 0 Å². The number of rotatable bonds is 8. The van der Waals surface area contributed by atoms with Crippen LogP contribution in [0.5, 0.6) is 11.5 Å². The van der Waals surface area contributed by atoms with Gasteiger partial charge in [0.05, 0.1) is 15.7 Å². The number of hydrogen-bond donors (Lipinski definition) is 1. The smallest absolute Gasteiger partial charge is 0.277 e. The van der Waals surface area contributed by atoms with Gasteiger partial charge in [-0.2, -0.15) is 5.10 Å². The SMILES string of the molecule is O=C(COc1cccc2cccnc12)N/N=C/c1cc(Cl)c(OCc2ccccc2F)c(Br)c1. The normalized spacial score (nSPS) is 11.0. The second-order valence-electron chi connectivity index (χ2n) is 7.11. The number of amides is 1. The summed E-state index contributed by atoms with van der Waals surface area (Å²) in [6, 6.07) is 18.9. The minimum Gasteiger partial charge on any atom is -0.486 e. The number of hydrogen-bond acceptors (Lipinski definition) is 5. The molecule has 9 heteroatoms. The number of fused-ring (bicyclic) bond motifs is 1. The van der Waals surface area contributed by atoms with E-state index in [0.717, 1.165) is 5.39 Å². The second kappa shape index (κ2) is 11.1. The highest BCUT2D eigenvalue weighted by atomic mass is 79.9. The Bertz CT molecular complexity index is 1340. The fraction of sp³-hybridized carbons (Fsp3) is 0.0800. The van der Waals surface area contributed by atoms with E-state index in [4.69, 9.17) is 21.1 Å². The van der Waals surface area contributed by atoms with Crippen LogP contribution in [0.2, 0.25) is 5.02 Å². The van der Waals surface area contributed by atoms with Gasteiger partial charge in [0.25, 0.3) is 5.91 Å². The van der Waals surface area contributed by atoms with Gasteiger partial charge in [-0.05, 0) is 51.8 Å². The van der Waals surface area contributed by atoms with Crippen LogP contribution in [0.25, 0.3) is 10.9 Å². The molecule has 0 aliphatic rings. The number of halogens is 3. The summed E-state index contributed by atoms with van der Waals surface area (Å²) in [5.41, 5.74) is 4.13. The zero-order valence-electron chi connectivity index (χ0n) is 17.7. The lowest BCUT2D eigenvalue weighted by Gasteiger charge is -2.11. The highest BCUT2D eigenvalue weighted by molar-refractivity contribution is 9.10. The van der Waals surface area contributed by atoms with Crippen LogP contribution in [-0.4, -0.2) is 23.7 Å². The molecule has 0 saturated heterocycles. The predicted octanol–water partition coefficient (Wildman–Crippen LogP) is 5.90. The number of para-hydroxylation sites is 1. The number of carbonyl (C=O) groups is 1. The molecule has 0 radical (unpaired) electrons. The number of hydrazone groups is 1. The summed E-state index contributed by atoms with van der Waals surface area (Å²) in [5, 5.41) is 5.17. The number of pyridine rings is 1. The highest BCUT2D eigenvalue weighted by Crippen LogP contribution is 2.35. The molecule has 34 heavy (non-hydrogen) atoms. The Kier molecular flexibility index (Phi) is 7.72. The van der Waals surface area contributed by atoms with Crippen LogP contribution >= 0.6 is 27.5 Å². The topological polar surface area (TPSA) is 72.8 Å². The predicted molar refractivity (Wildman–Crippen MR) is 133 cm³/mol. The van der Waals surface area contributed by atoms with Crippen LogP contribution in [-0.2, 0) is 11.4 Å². The van der Waals surface area contributed by atoms with Crippen molar-refractivity contribution in [3.63, 3.8) is 0 Å². The van der Waals surface area contributed by atoms with Crippen LogP contribution in [0.1, 0.15) is 11.1 Å². The first-order valence-corrected chi connectivity index (χ1v) is 11.3. The van der Waals surface area contributed by atoms with E-state index in [-0.39, 0.29) is 19.0 Å². The van der Waals surface area contributed by atoms with Gasteiger partial charge >= 0.3 is 0 Å².